The maximum Gasteiger partial charge on any atom is 0.180 e. The van der Waals surface area contributed by atoms with Crippen molar-refractivity contribution in [3.05, 3.63) is 18.6 Å². The van der Waals surface area contributed by atoms with E-state index in [1.165, 1.54) is 12.8 Å². The molecule has 1 unspecified atom stereocenters. The Morgan fingerprint density at radius 3 is 3.15 bits per heavy atom. The Bertz CT molecular complexity index is 562. The highest BCUT2D eigenvalue weighted by Crippen LogP contribution is 2.18. The zero-order chi connectivity index (χ0) is 13.8. The van der Waals surface area contributed by atoms with Crippen LogP contribution in [0.1, 0.15) is 26.2 Å². The minimum atomic E-state index is 0.281. The molecule has 0 amide bonds. The SMILES string of the molecule is CCNc1cn2ccnc2c(NCC2CCCCO2)n1. The summed E-state index contributed by atoms with van der Waals surface area (Å²) in [6, 6.07) is 0. The molecule has 20 heavy (non-hydrogen) atoms. The van der Waals surface area contributed by atoms with Gasteiger partial charge in [-0.25, -0.2) is 9.97 Å². The summed E-state index contributed by atoms with van der Waals surface area (Å²) in [4.78, 5) is 8.94. The van der Waals surface area contributed by atoms with E-state index in [9.17, 15) is 0 Å². The first-order chi connectivity index (χ1) is 9.86. The van der Waals surface area contributed by atoms with Gasteiger partial charge in [0.2, 0.25) is 0 Å². The van der Waals surface area contributed by atoms with E-state index in [2.05, 4.69) is 27.5 Å². The average Bonchev–Trinajstić information content (AvgIpc) is 2.95. The van der Waals surface area contributed by atoms with E-state index in [-0.39, 0.29) is 6.10 Å². The van der Waals surface area contributed by atoms with Crippen molar-refractivity contribution in [3.8, 4) is 0 Å². The number of anilines is 2. The summed E-state index contributed by atoms with van der Waals surface area (Å²) < 4.78 is 7.72. The Morgan fingerprint density at radius 2 is 2.35 bits per heavy atom. The molecular formula is C14H21N5O. The fourth-order valence-corrected chi connectivity index (χ4v) is 2.50. The zero-order valence-corrected chi connectivity index (χ0v) is 11.8. The number of fused-ring (bicyclic) bond motifs is 1. The fourth-order valence-electron chi connectivity index (χ4n) is 2.50. The lowest BCUT2D eigenvalue weighted by atomic mass is 10.1. The summed E-state index contributed by atoms with van der Waals surface area (Å²) in [5, 5.41) is 6.62. The number of hydrogen-bond donors (Lipinski definition) is 2. The Hall–Kier alpha value is -1.82. The summed E-state index contributed by atoms with van der Waals surface area (Å²) in [6.45, 7) is 4.56. The molecule has 0 bridgehead atoms. The minimum absolute atomic E-state index is 0.281. The van der Waals surface area contributed by atoms with Crippen molar-refractivity contribution in [2.45, 2.75) is 32.3 Å². The van der Waals surface area contributed by atoms with E-state index in [1.807, 2.05) is 16.8 Å². The number of aromatic nitrogens is 3. The highest BCUT2D eigenvalue weighted by Gasteiger charge is 2.15. The Morgan fingerprint density at radius 1 is 1.40 bits per heavy atom. The van der Waals surface area contributed by atoms with Crippen molar-refractivity contribution in [2.24, 2.45) is 0 Å². The van der Waals surface area contributed by atoms with Gasteiger partial charge in [0.1, 0.15) is 5.82 Å². The third kappa shape index (κ3) is 2.85. The molecule has 2 aromatic rings. The van der Waals surface area contributed by atoms with Crippen LogP contribution in [0.4, 0.5) is 11.6 Å². The van der Waals surface area contributed by atoms with Gasteiger partial charge in [-0.2, -0.15) is 0 Å². The van der Waals surface area contributed by atoms with E-state index in [0.717, 1.165) is 43.4 Å². The van der Waals surface area contributed by atoms with Crippen molar-refractivity contribution in [1.29, 1.82) is 0 Å². The molecule has 1 fully saturated rings. The van der Waals surface area contributed by atoms with Gasteiger partial charge in [0.15, 0.2) is 11.5 Å². The first-order valence-electron chi connectivity index (χ1n) is 7.30. The normalized spacial score (nSPS) is 19.1. The van der Waals surface area contributed by atoms with Gasteiger partial charge in [-0.1, -0.05) is 0 Å². The van der Waals surface area contributed by atoms with Crippen LogP contribution in [0.2, 0.25) is 0 Å². The van der Waals surface area contributed by atoms with Crippen LogP contribution in [0.5, 0.6) is 0 Å². The predicted octanol–water partition coefficient (Wildman–Crippen LogP) is 2.14. The molecule has 1 atom stereocenters. The highest BCUT2D eigenvalue weighted by molar-refractivity contribution is 5.65. The van der Waals surface area contributed by atoms with Gasteiger partial charge >= 0.3 is 0 Å². The molecule has 0 aliphatic carbocycles. The summed E-state index contributed by atoms with van der Waals surface area (Å²) in [5.74, 6) is 1.66. The van der Waals surface area contributed by atoms with Gasteiger partial charge in [-0.15, -0.1) is 0 Å². The number of nitrogens with zero attached hydrogens (tertiary/aromatic N) is 3. The third-order valence-corrected chi connectivity index (χ3v) is 3.50. The topological polar surface area (TPSA) is 63.5 Å². The molecule has 1 aliphatic heterocycles. The lowest BCUT2D eigenvalue weighted by molar-refractivity contribution is 0.0247. The first-order valence-corrected chi connectivity index (χ1v) is 7.30. The van der Waals surface area contributed by atoms with Crippen molar-refractivity contribution >= 4 is 17.3 Å². The van der Waals surface area contributed by atoms with Crippen molar-refractivity contribution in [2.75, 3.05) is 30.3 Å². The molecule has 6 heteroatoms. The van der Waals surface area contributed by atoms with E-state index in [4.69, 9.17) is 4.74 Å². The molecule has 108 valence electrons. The molecule has 0 saturated carbocycles. The molecular weight excluding hydrogens is 254 g/mol. The fraction of sp³-hybridized carbons (Fsp3) is 0.571. The summed E-state index contributed by atoms with van der Waals surface area (Å²) >= 11 is 0. The van der Waals surface area contributed by atoms with Crippen LogP contribution < -0.4 is 10.6 Å². The Labute approximate surface area is 118 Å². The van der Waals surface area contributed by atoms with E-state index in [1.54, 1.807) is 6.20 Å². The van der Waals surface area contributed by atoms with Crippen molar-refractivity contribution in [1.82, 2.24) is 14.4 Å². The molecule has 6 nitrogen and oxygen atoms in total. The standard InChI is InChI=1S/C14H21N5O/c1-2-15-12-10-19-7-6-16-14(19)13(18-12)17-9-11-5-3-4-8-20-11/h6-7,10-11,15H,2-5,8-9H2,1H3,(H,17,18). The monoisotopic (exact) mass is 275 g/mol. The smallest absolute Gasteiger partial charge is 0.180 e. The second-order valence-electron chi connectivity index (χ2n) is 5.03. The van der Waals surface area contributed by atoms with Crippen LogP contribution in [0.15, 0.2) is 18.6 Å². The number of imidazole rings is 1. The Balaban J connectivity index is 1.76. The minimum Gasteiger partial charge on any atom is -0.376 e. The van der Waals surface area contributed by atoms with Crippen LogP contribution in [0.3, 0.4) is 0 Å². The average molecular weight is 275 g/mol. The quantitative estimate of drug-likeness (QED) is 0.875. The van der Waals surface area contributed by atoms with Crippen LogP contribution in [-0.4, -0.2) is 40.2 Å². The van der Waals surface area contributed by atoms with Crippen LogP contribution in [0, 0.1) is 0 Å². The Kier molecular flexibility index (Phi) is 4.01. The van der Waals surface area contributed by atoms with Gasteiger partial charge in [-0.05, 0) is 26.2 Å². The van der Waals surface area contributed by atoms with Crippen molar-refractivity contribution < 1.29 is 4.74 Å². The molecule has 0 radical (unpaired) electrons. The summed E-state index contributed by atoms with van der Waals surface area (Å²) in [6.07, 6.45) is 9.49. The van der Waals surface area contributed by atoms with Gasteiger partial charge in [0, 0.05) is 32.1 Å². The zero-order valence-electron chi connectivity index (χ0n) is 11.8. The van der Waals surface area contributed by atoms with Crippen LogP contribution >= 0.6 is 0 Å². The number of ether oxygens (including phenoxy) is 1. The van der Waals surface area contributed by atoms with Gasteiger partial charge in [0.05, 0.1) is 12.3 Å². The molecule has 2 N–H and O–H groups in total. The summed E-state index contributed by atoms with van der Waals surface area (Å²) in [5.41, 5.74) is 0.850. The summed E-state index contributed by atoms with van der Waals surface area (Å²) in [7, 11) is 0. The third-order valence-electron chi connectivity index (χ3n) is 3.50. The molecule has 1 saturated heterocycles. The first kappa shape index (κ1) is 13.2. The second-order valence-corrected chi connectivity index (χ2v) is 5.03. The predicted molar refractivity (Wildman–Crippen MR) is 79.2 cm³/mol. The number of rotatable bonds is 5. The largest absolute Gasteiger partial charge is 0.376 e. The highest BCUT2D eigenvalue weighted by atomic mass is 16.5. The van der Waals surface area contributed by atoms with E-state index >= 15 is 0 Å². The second kappa shape index (κ2) is 6.09. The molecule has 0 spiro atoms. The van der Waals surface area contributed by atoms with Gasteiger partial charge < -0.3 is 19.8 Å². The lowest BCUT2D eigenvalue weighted by Gasteiger charge is -2.23. The van der Waals surface area contributed by atoms with Crippen LogP contribution in [-0.2, 0) is 4.74 Å². The molecule has 0 aromatic carbocycles. The van der Waals surface area contributed by atoms with Gasteiger partial charge in [0.25, 0.3) is 0 Å². The van der Waals surface area contributed by atoms with Gasteiger partial charge in [-0.3, -0.25) is 0 Å². The maximum atomic E-state index is 5.74. The molecule has 1 aliphatic rings. The van der Waals surface area contributed by atoms with E-state index in [0.29, 0.717) is 0 Å². The molecule has 2 aromatic heterocycles. The molecule has 3 heterocycles. The van der Waals surface area contributed by atoms with Crippen LogP contribution in [0.25, 0.3) is 5.65 Å². The van der Waals surface area contributed by atoms with E-state index < -0.39 is 0 Å². The van der Waals surface area contributed by atoms with Crippen molar-refractivity contribution in [3.63, 3.8) is 0 Å². The number of nitrogens with one attached hydrogen (secondary N) is 2. The number of hydrogen-bond acceptors (Lipinski definition) is 5. The lowest BCUT2D eigenvalue weighted by Crippen LogP contribution is -2.27. The molecule has 3 rings (SSSR count). The maximum absolute atomic E-state index is 5.74.